The minimum absolute atomic E-state index is 0.116. The fourth-order valence-electron chi connectivity index (χ4n) is 3.84. The van der Waals surface area contributed by atoms with Crippen molar-refractivity contribution < 1.29 is 22.7 Å². The van der Waals surface area contributed by atoms with Crippen LogP contribution in [0.1, 0.15) is 11.5 Å². The second-order valence-corrected chi connectivity index (χ2v) is 7.59. The van der Waals surface area contributed by atoms with Crippen LogP contribution in [0.25, 0.3) is 10.2 Å². The van der Waals surface area contributed by atoms with Gasteiger partial charge in [-0.1, -0.05) is 11.3 Å². The Morgan fingerprint density at radius 2 is 2.00 bits per heavy atom. The highest BCUT2D eigenvalue weighted by Gasteiger charge is 2.61. The summed E-state index contributed by atoms with van der Waals surface area (Å²) in [7, 11) is 0. The Morgan fingerprint density at radius 3 is 2.78 bits per heavy atom. The number of urea groups is 1. The number of benzene rings is 2. The number of anilines is 1. The Morgan fingerprint density at radius 1 is 1.22 bits per heavy atom. The Labute approximate surface area is 155 Å². The van der Waals surface area contributed by atoms with Gasteiger partial charge >= 0.3 is 6.03 Å². The van der Waals surface area contributed by atoms with Crippen LogP contribution in [-0.2, 0) is 0 Å². The molecule has 1 fully saturated rings. The number of nitrogens with zero attached hydrogens (tertiary/aromatic N) is 2. The summed E-state index contributed by atoms with van der Waals surface area (Å²) in [5.74, 6) is -2.40. The average molecular weight is 391 g/mol. The molecule has 2 amide bonds. The molecule has 1 aliphatic heterocycles. The van der Waals surface area contributed by atoms with E-state index in [4.69, 9.17) is 10.5 Å². The molecule has 138 valence electrons. The summed E-state index contributed by atoms with van der Waals surface area (Å²) in [6.07, 6.45) is 0. The molecule has 0 saturated heterocycles. The second-order valence-electron chi connectivity index (χ2n) is 6.58. The summed E-state index contributed by atoms with van der Waals surface area (Å²) in [5, 5.41) is 0.292. The van der Waals surface area contributed by atoms with Crippen molar-refractivity contribution in [2.24, 2.45) is 11.7 Å². The predicted molar refractivity (Wildman–Crippen MR) is 93.5 cm³/mol. The third kappa shape index (κ3) is 2.38. The van der Waals surface area contributed by atoms with E-state index in [2.05, 4.69) is 4.98 Å². The van der Waals surface area contributed by atoms with E-state index in [0.29, 0.717) is 15.3 Å². The molecule has 27 heavy (non-hydrogen) atoms. The maximum absolute atomic E-state index is 14.3. The lowest BCUT2D eigenvalue weighted by Gasteiger charge is -2.17. The van der Waals surface area contributed by atoms with Gasteiger partial charge in [-0.15, -0.1) is 0 Å². The largest absolute Gasteiger partial charge is 0.490 e. The topological polar surface area (TPSA) is 68.5 Å². The number of nitrogens with two attached hydrogens (primary N) is 1. The van der Waals surface area contributed by atoms with Gasteiger partial charge in [-0.25, -0.2) is 22.9 Å². The van der Waals surface area contributed by atoms with E-state index in [0.717, 1.165) is 23.5 Å². The summed E-state index contributed by atoms with van der Waals surface area (Å²) >= 11 is 1.12. The van der Waals surface area contributed by atoms with E-state index in [1.165, 1.54) is 23.1 Å². The number of hydrogen-bond acceptors (Lipinski definition) is 4. The number of amides is 2. The maximum atomic E-state index is 14.3. The zero-order valence-electron chi connectivity index (χ0n) is 13.7. The fraction of sp³-hybridized carbons (Fsp3) is 0.222. The average Bonchev–Trinajstić information content (AvgIpc) is 3.18. The van der Waals surface area contributed by atoms with Crippen LogP contribution in [-0.4, -0.2) is 23.7 Å². The van der Waals surface area contributed by atoms with Crippen LogP contribution < -0.4 is 15.4 Å². The highest BCUT2D eigenvalue weighted by molar-refractivity contribution is 7.22. The summed E-state index contributed by atoms with van der Waals surface area (Å²) in [4.78, 5) is 17.8. The molecule has 5 nitrogen and oxygen atoms in total. The molecule has 1 aliphatic carbocycles. The molecule has 3 aromatic rings. The van der Waals surface area contributed by atoms with Crippen molar-refractivity contribution in [2.75, 3.05) is 11.5 Å². The van der Waals surface area contributed by atoms with Gasteiger partial charge in [0.25, 0.3) is 0 Å². The van der Waals surface area contributed by atoms with Crippen LogP contribution in [0.15, 0.2) is 30.3 Å². The molecule has 1 saturated carbocycles. The van der Waals surface area contributed by atoms with Crippen LogP contribution in [0, 0.1) is 23.4 Å². The van der Waals surface area contributed by atoms with Gasteiger partial charge in [0.15, 0.2) is 16.7 Å². The minimum Gasteiger partial charge on any atom is -0.490 e. The molecule has 3 atom stereocenters. The number of hydrogen-bond donors (Lipinski definition) is 1. The van der Waals surface area contributed by atoms with Crippen molar-refractivity contribution in [3.63, 3.8) is 0 Å². The smallest absolute Gasteiger partial charge is 0.321 e. The van der Waals surface area contributed by atoms with Gasteiger partial charge in [0.1, 0.15) is 11.6 Å². The highest BCUT2D eigenvalue weighted by atomic mass is 32.1. The lowest BCUT2D eigenvalue weighted by atomic mass is 10.0. The lowest BCUT2D eigenvalue weighted by Crippen LogP contribution is -2.39. The molecule has 0 bridgehead atoms. The molecule has 2 N–H and O–H groups in total. The Kier molecular flexibility index (Phi) is 3.39. The quantitative estimate of drug-likeness (QED) is 0.723. The van der Waals surface area contributed by atoms with Gasteiger partial charge in [0, 0.05) is 17.4 Å². The third-order valence-electron chi connectivity index (χ3n) is 5.06. The van der Waals surface area contributed by atoms with Crippen molar-refractivity contribution in [1.82, 2.24) is 4.98 Å². The number of fused-ring (bicyclic) bond motifs is 4. The molecule has 2 heterocycles. The van der Waals surface area contributed by atoms with Gasteiger partial charge in [-0.2, -0.15) is 0 Å². The van der Waals surface area contributed by atoms with Gasteiger partial charge in [0.2, 0.25) is 0 Å². The summed E-state index contributed by atoms with van der Waals surface area (Å²) in [6.45, 7) is 0.145. The number of rotatable bonds is 2. The van der Waals surface area contributed by atoms with Crippen molar-refractivity contribution in [3.05, 3.63) is 53.3 Å². The van der Waals surface area contributed by atoms with Crippen LogP contribution in [0.3, 0.4) is 0 Å². The zero-order valence-corrected chi connectivity index (χ0v) is 14.5. The second kappa shape index (κ2) is 5.59. The van der Waals surface area contributed by atoms with E-state index >= 15 is 0 Å². The monoisotopic (exact) mass is 391 g/mol. The first kappa shape index (κ1) is 16.4. The first-order valence-corrected chi connectivity index (χ1v) is 9.03. The Balaban J connectivity index is 1.57. The van der Waals surface area contributed by atoms with Gasteiger partial charge < -0.3 is 10.5 Å². The Hall–Kier alpha value is -2.81. The zero-order chi connectivity index (χ0) is 18.9. The minimum atomic E-state index is -0.757. The first-order chi connectivity index (χ1) is 13.0. The number of carbonyl (C=O) groups excluding carboxylic acids is 1. The lowest BCUT2D eigenvalue weighted by molar-refractivity contribution is 0.250. The number of aromatic nitrogens is 1. The summed E-state index contributed by atoms with van der Waals surface area (Å²) in [5.41, 5.74) is 6.22. The number of ether oxygens (including phenoxy) is 1. The van der Waals surface area contributed by atoms with Gasteiger partial charge in [-0.3, -0.25) is 4.90 Å². The molecule has 0 unspecified atom stereocenters. The van der Waals surface area contributed by atoms with Crippen molar-refractivity contribution in [3.8, 4) is 5.75 Å². The van der Waals surface area contributed by atoms with Gasteiger partial charge in [-0.05, 0) is 30.3 Å². The van der Waals surface area contributed by atoms with Crippen molar-refractivity contribution in [1.29, 1.82) is 0 Å². The molecular weight excluding hydrogens is 379 g/mol. The van der Waals surface area contributed by atoms with Gasteiger partial charge in [0.05, 0.1) is 22.9 Å². The van der Waals surface area contributed by atoms with E-state index in [1.54, 1.807) is 0 Å². The standard InChI is InChI=1S/C18H12F3N3O2S/c19-7-1-4-11-12(5-7)27-18(23-11)24(17(22)25)15-8-6-26-16-10(21)3-2-9(20)14(16)13(8)15/h1-5,8,13,15H,6H2,(H2,22,25)/t8-,13-,15-/m1/s1. The molecule has 1 aromatic heterocycles. The van der Waals surface area contributed by atoms with Crippen LogP contribution in [0.5, 0.6) is 5.75 Å². The third-order valence-corrected chi connectivity index (χ3v) is 6.07. The molecular formula is C18H12F3N3O2S. The normalized spacial score (nSPS) is 22.7. The van der Waals surface area contributed by atoms with Crippen molar-refractivity contribution >= 4 is 32.7 Å². The van der Waals surface area contributed by atoms with Crippen molar-refractivity contribution in [2.45, 2.75) is 12.0 Å². The fourth-order valence-corrected chi connectivity index (χ4v) is 4.88. The van der Waals surface area contributed by atoms with Crippen LogP contribution >= 0.6 is 11.3 Å². The Bertz CT molecular complexity index is 1100. The molecule has 2 aromatic carbocycles. The molecule has 0 radical (unpaired) electrons. The summed E-state index contributed by atoms with van der Waals surface area (Å²) in [6, 6.07) is 4.92. The molecule has 2 aliphatic rings. The maximum Gasteiger partial charge on any atom is 0.321 e. The molecule has 9 heteroatoms. The number of halogens is 3. The highest BCUT2D eigenvalue weighted by Crippen LogP contribution is 2.58. The van der Waals surface area contributed by atoms with E-state index in [1.807, 2.05) is 0 Å². The van der Waals surface area contributed by atoms with E-state index in [9.17, 15) is 18.0 Å². The number of carbonyl (C=O) groups is 1. The predicted octanol–water partition coefficient (Wildman–Crippen LogP) is 3.77. The van der Waals surface area contributed by atoms with Crippen LogP contribution in [0.2, 0.25) is 0 Å². The molecule has 0 spiro atoms. The van der Waals surface area contributed by atoms with E-state index in [-0.39, 0.29) is 23.8 Å². The number of thiazole rings is 1. The SMILES string of the molecule is NC(=O)N(c1nc2ccc(F)cc2s1)[C@@H]1[C@@H]2COc3c(F)ccc(F)c3[C@@H]21. The van der Waals surface area contributed by atoms with E-state index < -0.39 is 35.4 Å². The first-order valence-electron chi connectivity index (χ1n) is 8.21. The van der Waals surface area contributed by atoms with Crippen LogP contribution in [0.4, 0.5) is 23.1 Å². The number of primary amides is 1. The summed E-state index contributed by atoms with van der Waals surface area (Å²) < 4.78 is 47.7. The molecule has 5 rings (SSSR count).